The zero-order valence-electron chi connectivity index (χ0n) is 16.7. The number of halogens is 2. The number of aryl methyl sites for hydroxylation is 1. The molecule has 158 valence electrons. The number of rotatable bonds is 3. The molecule has 2 aromatic heterocycles. The van der Waals surface area contributed by atoms with E-state index in [2.05, 4.69) is 25.3 Å². The van der Waals surface area contributed by atoms with Gasteiger partial charge in [0.15, 0.2) is 5.82 Å². The second kappa shape index (κ2) is 7.90. The predicted octanol–water partition coefficient (Wildman–Crippen LogP) is 3.34. The number of amides is 1. The fourth-order valence-corrected chi connectivity index (χ4v) is 4.20. The number of hydrogen-bond donors (Lipinski definition) is 1. The van der Waals surface area contributed by atoms with Crippen LogP contribution in [-0.2, 0) is 6.42 Å². The summed E-state index contributed by atoms with van der Waals surface area (Å²) in [5.74, 6) is -2.55. The molecule has 9 heteroatoms. The van der Waals surface area contributed by atoms with Gasteiger partial charge in [0.25, 0.3) is 5.91 Å². The number of hydrogen-bond acceptors (Lipinski definition) is 5. The smallest absolute Gasteiger partial charge is 0.262 e. The van der Waals surface area contributed by atoms with Crippen molar-refractivity contribution in [3.8, 4) is 0 Å². The average molecular weight is 422 g/mol. The van der Waals surface area contributed by atoms with Crippen LogP contribution in [0, 0.1) is 11.6 Å². The summed E-state index contributed by atoms with van der Waals surface area (Å²) < 4.78 is 29.8. The standard InChI is InChI=1S/C22H20F2N6O/c23-16-4-2-5-17(24)20(16)22(31)28-19-11-26-21-15-12-29(30-10-8-25-13-30)9-7-14(15)3-1-6-18(21)27-19/h2,4-5,8,10-11,13H,1,3,6-7,9,12H2,(H,27,28,31). The van der Waals surface area contributed by atoms with Gasteiger partial charge in [-0.15, -0.1) is 0 Å². The van der Waals surface area contributed by atoms with Crippen molar-refractivity contribution < 1.29 is 13.6 Å². The van der Waals surface area contributed by atoms with Crippen LogP contribution in [0.15, 0.2) is 48.7 Å². The van der Waals surface area contributed by atoms with Gasteiger partial charge in [-0.1, -0.05) is 11.6 Å². The van der Waals surface area contributed by atoms with Crippen LogP contribution in [0.3, 0.4) is 0 Å². The highest BCUT2D eigenvalue weighted by Gasteiger charge is 2.26. The number of nitrogens with one attached hydrogen (secondary N) is 1. The van der Waals surface area contributed by atoms with Crippen LogP contribution in [0.4, 0.5) is 14.6 Å². The van der Waals surface area contributed by atoms with Crippen LogP contribution in [-0.4, -0.2) is 38.6 Å². The highest BCUT2D eigenvalue weighted by atomic mass is 19.1. The number of carbonyl (C=O) groups is 1. The van der Waals surface area contributed by atoms with E-state index < -0.39 is 23.1 Å². The molecule has 0 fully saturated rings. The monoisotopic (exact) mass is 422 g/mol. The third kappa shape index (κ3) is 3.67. The summed E-state index contributed by atoms with van der Waals surface area (Å²) in [7, 11) is 0. The lowest BCUT2D eigenvalue weighted by Gasteiger charge is -2.32. The molecule has 3 heterocycles. The highest BCUT2D eigenvalue weighted by molar-refractivity contribution is 6.04. The molecule has 2 aliphatic rings. The lowest BCUT2D eigenvalue weighted by atomic mass is 9.96. The minimum absolute atomic E-state index is 0.178. The Labute approximate surface area is 177 Å². The number of carbonyl (C=O) groups excluding carboxylic acids is 1. The maximum atomic E-state index is 13.9. The summed E-state index contributed by atoms with van der Waals surface area (Å²) in [6.07, 6.45) is 10.5. The van der Waals surface area contributed by atoms with Gasteiger partial charge in [-0.2, -0.15) is 0 Å². The Morgan fingerprint density at radius 2 is 1.97 bits per heavy atom. The third-order valence-electron chi connectivity index (χ3n) is 5.71. The molecule has 1 amide bonds. The summed E-state index contributed by atoms with van der Waals surface area (Å²) in [6, 6.07) is 3.31. The molecule has 0 unspecified atom stereocenters. The van der Waals surface area contributed by atoms with E-state index in [4.69, 9.17) is 0 Å². The summed E-state index contributed by atoms with van der Waals surface area (Å²) in [5, 5.41) is 4.68. The van der Waals surface area contributed by atoms with Crippen LogP contribution in [0.25, 0.3) is 5.57 Å². The molecule has 0 spiro atoms. The Balaban J connectivity index is 1.42. The highest BCUT2D eigenvalue weighted by Crippen LogP contribution is 2.33. The van der Waals surface area contributed by atoms with E-state index >= 15 is 0 Å². The minimum Gasteiger partial charge on any atom is -0.307 e. The number of benzene rings is 1. The molecule has 1 aromatic carbocycles. The van der Waals surface area contributed by atoms with E-state index in [-0.39, 0.29) is 5.82 Å². The molecule has 0 radical (unpaired) electrons. The number of nitrogens with zero attached hydrogens (tertiary/aromatic N) is 5. The van der Waals surface area contributed by atoms with E-state index in [9.17, 15) is 13.6 Å². The molecular formula is C22H20F2N6O. The van der Waals surface area contributed by atoms with Crippen LogP contribution in [0.5, 0.6) is 0 Å². The molecule has 31 heavy (non-hydrogen) atoms. The fourth-order valence-electron chi connectivity index (χ4n) is 4.20. The van der Waals surface area contributed by atoms with E-state index in [0.717, 1.165) is 61.3 Å². The first-order valence-electron chi connectivity index (χ1n) is 10.2. The summed E-state index contributed by atoms with van der Waals surface area (Å²) >= 11 is 0. The largest absolute Gasteiger partial charge is 0.307 e. The molecule has 3 aromatic rings. The maximum absolute atomic E-state index is 13.9. The predicted molar refractivity (Wildman–Crippen MR) is 111 cm³/mol. The fraction of sp³-hybridized carbons (Fsp3) is 0.273. The number of fused-ring (bicyclic) bond motifs is 2. The normalized spacial score (nSPS) is 15.9. The first-order chi connectivity index (χ1) is 15.1. The molecule has 5 rings (SSSR count). The van der Waals surface area contributed by atoms with Crippen molar-refractivity contribution in [1.82, 2.24) is 19.6 Å². The van der Waals surface area contributed by atoms with Crippen LogP contribution in [0.2, 0.25) is 0 Å². The van der Waals surface area contributed by atoms with Crippen LogP contribution in [0.1, 0.15) is 41.0 Å². The first-order valence-corrected chi connectivity index (χ1v) is 10.2. The van der Waals surface area contributed by atoms with Gasteiger partial charge >= 0.3 is 0 Å². The average Bonchev–Trinajstić information content (AvgIpc) is 3.23. The van der Waals surface area contributed by atoms with E-state index in [1.165, 1.54) is 17.8 Å². The Morgan fingerprint density at radius 1 is 1.13 bits per heavy atom. The van der Waals surface area contributed by atoms with Gasteiger partial charge in [0.2, 0.25) is 0 Å². The zero-order valence-corrected chi connectivity index (χ0v) is 16.7. The van der Waals surface area contributed by atoms with Gasteiger partial charge in [-0.25, -0.2) is 18.7 Å². The van der Waals surface area contributed by atoms with Gasteiger partial charge in [0.1, 0.15) is 23.5 Å². The van der Waals surface area contributed by atoms with Gasteiger partial charge in [-0.05, 0) is 43.4 Å². The molecule has 0 atom stereocenters. The SMILES string of the molecule is O=C(Nc1cnc2c(n1)CCCC1=C2CN(n2ccnc2)CC1)c1c(F)cccc1F. The zero-order chi connectivity index (χ0) is 21.4. The minimum atomic E-state index is -0.920. The van der Waals surface area contributed by atoms with Crippen molar-refractivity contribution in [1.29, 1.82) is 0 Å². The lowest BCUT2D eigenvalue weighted by Crippen LogP contribution is -2.39. The molecule has 1 aliphatic carbocycles. The van der Waals surface area contributed by atoms with Crippen molar-refractivity contribution in [3.05, 3.63) is 77.3 Å². The van der Waals surface area contributed by atoms with E-state index in [1.807, 2.05) is 10.9 Å². The van der Waals surface area contributed by atoms with Crippen molar-refractivity contribution >= 4 is 17.3 Å². The topological polar surface area (TPSA) is 75.9 Å². The molecule has 0 saturated carbocycles. The molecular weight excluding hydrogens is 402 g/mol. The van der Waals surface area contributed by atoms with Crippen molar-refractivity contribution in [2.75, 3.05) is 23.4 Å². The Hall–Kier alpha value is -3.62. The number of imidazole rings is 1. The molecule has 1 aliphatic heterocycles. The molecule has 0 bridgehead atoms. The maximum Gasteiger partial charge on any atom is 0.262 e. The molecule has 1 N–H and O–H groups in total. The number of aromatic nitrogens is 4. The molecule has 7 nitrogen and oxygen atoms in total. The summed E-state index contributed by atoms with van der Waals surface area (Å²) in [4.78, 5) is 25.7. The van der Waals surface area contributed by atoms with Crippen LogP contribution < -0.4 is 10.3 Å². The van der Waals surface area contributed by atoms with Gasteiger partial charge in [0.05, 0.1) is 24.1 Å². The van der Waals surface area contributed by atoms with Gasteiger partial charge in [0, 0.05) is 18.9 Å². The Morgan fingerprint density at radius 3 is 2.74 bits per heavy atom. The second-order valence-corrected chi connectivity index (χ2v) is 7.62. The first kappa shape index (κ1) is 19.3. The van der Waals surface area contributed by atoms with E-state index in [1.54, 1.807) is 12.5 Å². The van der Waals surface area contributed by atoms with Gasteiger partial charge < -0.3 is 10.3 Å². The lowest BCUT2D eigenvalue weighted by molar-refractivity contribution is 0.101. The van der Waals surface area contributed by atoms with E-state index in [0.29, 0.717) is 6.54 Å². The summed E-state index contributed by atoms with van der Waals surface area (Å²) in [6.45, 7) is 1.60. The van der Waals surface area contributed by atoms with Crippen LogP contribution >= 0.6 is 0 Å². The third-order valence-corrected chi connectivity index (χ3v) is 5.71. The Bertz CT molecular complexity index is 1150. The second-order valence-electron chi connectivity index (χ2n) is 7.62. The quantitative estimate of drug-likeness (QED) is 0.701. The molecule has 0 saturated heterocycles. The number of anilines is 1. The van der Waals surface area contributed by atoms with Gasteiger partial charge in [-0.3, -0.25) is 14.5 Å². The summed E-state index contributed by atoms with van der Waals surface area (Å²) in [5.41, 5.74) is 3.51. The van der Waals surface area contributed by atoms with Crippen molar-refractivity contribution in [2.45, 2.75) is 25.7 Å². The van der Waals surface area contributed by atoms with Crippen molar-refractivity contribution in [2.24, 2.45) is 0 Å². The van der Waals surface area contributed by atoms with Crippen molar-refractivity contribution in [3.63, 3.8) is 0 Å². The Kier molecular flexibility index (Phi) is 4.93.